The molecular weight excluding hydrogens is 300 g/mol. The van der Waals surface area contributed by atoms with Gasteiger partial charge in [-0.15, -0.1) is 0 Å². The minimum Gasteiger partial charge on any atom is -0.496 e. The van der Waals surface area contributed by atoms with Gasteiger partial charge in [-0.25, -0.2) is 0 Å². The molecule has 4 heteroatoms. The molecule has 126 valence electrons. The van der Waals surface area contributed by atoms with Gasteiger partial charge in [0.2, 0.25) is 0 Å². The zero-order chi connectivity index (χ0) is 16.9. The second-order valence-corrected chi connectivity index (χ2v) is 5.86. The van der Waals surface area contributed by atoms with Crippen molar-refractivity contribution in [2.45, 2.75) is 19.4 Å². The Hall–Kier alpha value is -2.46. The lowest BCUT2D eigenvalue weighted by atomic mass is 10.1. The van der Waals surface area contributed by atoms with Gasteiger partial charge in [0.15, 0.2) is 0 Å². The van der Waals surface area contributed by atoms with Crippen LogP contribution in [0.3, 0.4) is 0 Å². The number of methoxy groups -OCH3 is 2. The second-order valence-electron chi connectivity index (χ2n) is 5.86. The molecule has 0 aliphatic rings. The highest BCUT2D eigenvalue weighted by atomic mass is 16.5. The molecule has 0 saturated carbocycles. The van der Waals surface area contributed by atoms with Crippen molar-refractivity contribution in [3.63, 3.8) is 0 Å². The van der Waals surface area contributed by atoms with Crippen molar-refractivity contribution in [1.82, 2.24) is 10.3 Å². The number of H-pyrrole nitrogens is 1. The molecule has 1 aromatic heterocycles. The van der Waals surface area contributed by atoms with E-state index in [-0.39, 0.29) is 6.04 Å². The van der Waals surface area contributed by atoms with Crippen molar-refractivity contribution in [1.29, 1.82) is 0 Å². The summed E-state index contributed by atoms with van der Waals surface area (Å²) in [5.41, 5.74) is 3.56. The van der Waals surface area contributed by atoms with Gasteiger partial charge in [0.05, 0.1) is 14.2 Å². The van der Waals surface area contributed by atoms with E-state index < -0.39 is 0 Å². The summed E-state index contributed by atoms with van der Waals surface area (Å²) in [4.78, 5) is 3.32. The molecule has 3 aromatic rings. The number of hydrogen-bond donors (Lipinski definition) is 2. The van der Waals surface area contributed by atoms with Gasteiger partial charge >= 0.3 is 0 Å². The Morgan fingerprint density at radius 2 is 1.75 bits per heavy atom. The van der Waals surface area contributed by atoms with Crippen molar-refractivity contribution in [3.8, 4) is 11.5 Å². The van der Waals surface area contributed by atoms with E-state index in [0.717, 1.165) is 30.0 Å². The maximum atomic E-state index is 5.50. The molecule has 0 aliphatic carbocycles. The average molecular weight is 324 g/mol. The SMILES string of the molecule is COc1ccccc1C(C)NCCc1c[nH]c2cccc(OC)c12. The smallest absolute Gasteiger partial charge is 0.128 e. The Morgan fingerprint density at radius 3 is 2.54 bits per heavy atom. The Morgan fingerprint density at radius 1 is 1.00 bits per heavy atom. The van der Waals surface area contributed by atoms with Gasteiger partial charge in [0.1, 0.15) is 11.5 Å². The van der Waals surface area contributed by atoms with Gasteiger partial charge in [0.25, 0.3) is 0 Å². The first-order valence-corrected chi connectivity index (χ1v) is 8.24. The van der Waals surface area contributed by atoms with Crippen LogP contribution in [0.15, 0.2) is 48.7 Å². The normalized spacial score (nSPS) is 12.3. The third-order valence-electron chi connectivity index (χ3n) is 4.42. The molecule has 4 nitrogen and oxygen atoms in total. The fourth-order valence-electron chi connectivity index (χ4n) is 3.14. The standard InChI is InChI=1S/C20H24N2O2/c1-14(16-7-4-5-9-18(16)23-2)21-12-11-15-13-22-17-8-6-10-19(24-3)20(15)17/h4-10,13-14,21-22H,11-12H2,1-3H3. The molecule has 0 amide bonds. The molecule has 0 bridgehead atoms. The summed E-state index contributed by atoms with van der Waals surface area (Å²) in [6, 6.07) is 14.4. The van der Waals surface area contributed by atoms with Gasteiger partial charge in [-0.05, 0) is 43.7 Å². The Labute approximate surface area is 142 Å². The van der Waals surface area contributed by atoms with Gasteiger partial charge in [-0.2, -0.15) is 0 Å². The summed E-state index contributed by atoms with van der Waals surface area (Å²) in [5, 5.41) is 4.75. The number of ether oxygens (including phenoxy) is 2. The molecule has 1 atom stereocenters. The number of nitrogens with one attached hydrogen (secondary N) is 2. The van der Waals surface area contributed by atoms with Gasteiger partial charge < -0.3 is 19.8 Å². The molecule has 0 radical (unpaired) electrons. The van der Waals surface area contributed by atoms with Crippen LogP contribution in [0.1, 0.15) is 24.1 Å². The molecule has 0 saturated heterocycles. The first kappa shape index (κ1) is 16.4. The third kappa shape index (κ3) is 3.24. The lowest BCUT2D eigenvalue weighted by Crippen LogP contribution is -2.21. The number of hydrogen-bond acceptors (Lipinski definition) is 3. The molecule has 0 aliphatic heterocycles. The predicted octanol–water partition coefficient (Wildman–Crippen LogP) is 4.08. The number of fused-ring (bicyclic) bond motifs is 1. The lowest BCUT2D eigenvalue weighted by molar-refractivity contribution is 0.402. The molecule has 24 heavy (non-hydrogen) atoms. The predicted molar refractivity (Wildman–Crippen MR) is 98.0 cm³/mol. The quantitative estimate of drug-likeness (QED) is 0.688. The maximum absolute atomic E-state index is 5.50. The summed E-state index contributed by atoms with van der Waals surface area (Å²) < 4.78 is 10.9. The number of benzene rings is 2. The minimum absolute atomic E-state index is 0.230. The first-order chi connectivity index (χ1) is 11.7. The monoisotopic (exact) mass is 324 g/mol. The van der Waals surface area contributed by atoms with Crippen molar-refractivity contribution in [3.05, 3.63) is 59.8 Å². The third-order valence-corrected chi connectivity index (χ3v) is 4.42. The van der Waals surface area contributed by atoms with E-state index in [2.05, 4.69) is 35.6 Å². The summed E-state index contributed by atoms with van der Waals surface area (Å²) >= 11 is 0. The van der Waals surface area contributed by atoms with Crippen LogP contribution in [-0.4, -0.2) is 25.7 Å². The summed E-state index contributed by atoms with van der Waals surface area (Å²) in [6.07, 6.45) is 3.00. The van der Waals surface area contributed by atoms with Crippen molar-refractivity contribution < 1.29 is 9.47 Å². The van der Waals surface area contributed by atoms with Gasteiger partial charge in [-0.3, -0.25) is 0 Å². The van der Waals surface area contributed by atoms with E-state index in [0.29, 0.717) is 0 Å². The fraction of sp³-hybridized carbons (Fsp3) is 0.300. The lowest BCUT2D eigenvalue weighted by Gasteiger charge is -2.17. The molecule has 2 aromatic carbocycles. The van der Waals surface area contributed by atoms with Crippen LogP contribution in [-0.2, 0) is 6.42 Å². The largest absolute Gasteiger partial charge is 0.496 e. The molecular formula is C20H24N2O2. The highest BCUT2D eigenvalue weighted by Gasteiger charge is 2.12. The highest BCUT2D eigenvalue weighted by Crippen LogP contribution is 2.29. The fourth-order valence-corrected chi connectivity index (χ4v) is 3.14. The van der Waals surface area contributed by atoms with Crippen LogP contribution < -0.4 is 14.8 Å². The van der Waals surface area contributed by atoms with Crippen LogP contribution in [0.4, 0.5) is 0 Å². The second kappa shape index (κ2) is 7.41. The Balaban J connectivity index is 1.68. The molecule has 0 fully saturated rings. The summed E-state index contributed by atoms with van der Waals surface area (Å²) in [6.45, 7) is 3.04. The summed E-state index contributed by atoms with van der Waals surface area (Å²) in [5.74, 6) is 1.84. The molecule has 3 rings (SSSR count). The average Bonchev–Trinajstić information content (AvgIpc) is 3.05. The van der Waals surface area contributed by atoms with Crippen LogP contribution in [0.5, 0.6) is 11.5 Å². The van der Waals surface area contributed by atoms with E-state index >= 15 is 0 Å². The zero-order valence-electron chi connectivity index (χ0n) is 14.4. The molecule has 1 heterocycles. The molecule has 0 spiro atoms. The Bertz CT molecular complexity index is 810. The van der Waals surface area contributed by atoms with Gasteiger partial charge in [0, 0.05) is 28.7 Å². The first-order valence-electron chi connectivity index (χ1n) is 8.24. The van der Waals surface area contributed by atoms with Gasteiger partial charge in [-0.1, -0.05) is 24.3 Å². The van der Waals surface area contributed by atoms with E-state index in [4.69, 9.17) is 9.47 Å². The topological polar surface area (TPSA) is 46.3 Å². The number of rotatable bonds is 7. The minimum atomic E-state index is 0.230. The summed E-state index contributed by atoms with van der Waals surface area (Å²) in [7, 11) is 3.43. The Kier molecular flexibility index (Phi) is 5.06. The van der Waals surface area contributed by atoms with E-state index in [1.807, 2.05) is 30.3 Å². The maximum Gasteiger partial charge on any atom is 0.128 e. The van der Waals surface area contributed by atoms with Crippen molar-refractivity contribution in [2.24, 2.45) is 0 Å². The molecule has 1 unspecified atom stereocenters. The zero-order valence-corrected chi connectivity index (χ0v) is 14.4. The van der Waals surface area contributed by atoms with Crippen molar-refractivity contribution in [2.75, 3.05) is 20.8 Å². The van der Waals surface area contributed by atoms with Crippen LogP contribution in [0.2, 0.25) is 0 Å². The van der Waals surface area contributed by atoms with Crippen molar-refractivity contribution >= 4 is 10.9 Å². The van der Waals surface area contributed by atoms with E-state index in [9.17, 15) is 0 Å². The van der Waals surface area contributed by atoms with E-state index in [1.54, 1.807) is 14.2 Å². The number of aromatic nitrogens is 1. The van der Waals surface area contributed by atoms with E-state index in [1.165, 1.54) is 16.5 Å². The highest BCUT2D eigenvalue weighted by molar-refractivity contribution is 5.89. The van der Waals surface area contributed by atoms with Crippen LogP contribution >= 0.6 is 0 Å². The van der Waals surface area contributed by atoms with Crippen LogP contribution in [0.25, 0.3) is 10.9 Å². The van der Waals surface area contributed by atoms with Crippen LogP contribution in [0, 0.1) is 0 Å². The molecule has 2 N–H and O–H groups in total. The number of aromatic amines is 1. The number of para-hydroxylation sites is 1.